The highest BCUT2D eigenvalue weighted by Gasteiger charge is 2.51. The molecule has 9 heteroatoms. The van der Waals surface area contributed by atoms with Gasteiger partial charge < -0.3 is 14.6 Å². The summed E-state index contributed by atoms with van der Waals surface area (Å²) in [5, 5.41) is 20.7. The van der Waals surface area contributed by atoms with Gasteiger partial charge in [0, 0.05) is 0 Å². The van der Waals surface area contributed by atoms with E-state index in [1.54, 1.807) is 21.0 Å². The van der Waals surface area contributed by atoms with Gasteiger partial charge in [-0.1, -0.05) is 65.9 Å². The molecule has 1 atom stereocenters. The maximum atomic E-state index is 12.7. The number of amides is 1. The molecule has 1 aliphatic rings. The van der Waals surface area contributed by atoms with Gasteiger partial charge in [0.2, 0.25) is 0 Å². The van der Waals surface area contributed by atoms with Crippen molar-refractivity contribution in [1.29, 1.82) is 0 Å². The Labute approximate surface area is 220 Å². The topological polar surface area (TPSA) is 116 Å². The van der Waals surface area contributed by atoms with E-state index in [4.69, 9.17) is 9.47 Å². The minimum absolute atomic E-state index is 0.370. The third-order valence-electron chi connectivity index (χ3n) is 6.95. The standard InChI is InChI=1S/C29H28N4O5/c1-18-26(30-28(36)38-19(2)20-7-5-4-6-8-20)33(32-31-18)24-14-11-22(17-25(24)37-3)21-9-12-23(13-10-21)29(15-16-29)27(34)35/h4-14,17,19H,15-16H2,1-3H3,(H,30,36)(H,34,35). The number of carboxylic acid groups (broad SMARTS) is 1. The average Bonchev–Trinajstić information content (AvgIpc) is 3.68. The molecular weight excluding hydrogens is 484 g/mol. The summed E-state index contributed by atoms with van der Waals surface area (Å²) in [6, 6.07) is 22.7. The van der Waals surface area contributed by atoms with Crippen molar-refractivity contribution >= 4 is 17.9 Å². The number of carbonyl (C=O) groups is 2. The van der Waals surface area contributed by atoms with Crippen LogP contribution >= 0.6 is 0 Å². The van der Waals surface area contributed by atoms with Crippen LogP contribution in [0.15, 0.2) is 72.8 Å². The van der Waals surface area contributed by atoms with E-state index in [0.29, 0.717) is 35.8 Å². The van der Waals surface area contributed by atoms with E-state index in [-0.39, 0.29) is 0 Å². The fourth-order valence-electron chi connectivity index (χ4n) is 4.51. The number of hydrogen-bond acceptors (Lipinski definition) is 6. The molecule has 1 amide bonds. The second kappa shape index (κ2) is 10.0. The Hall–Kier alpha value is -4.66. The lowest BCUT2D eigenvalue weighted by molar-refractivity contribution is -0.140. The highest BCUT2D eigenvalue weighted by Crippen LogP contribution is 2.48. The first-order valence-electron chi connectivity index (χ1n) is 12.3. The maximum Gasteiger partial charge on any atom is 0.413 e. The summed E-state index contributed by atoms with van der Waals surface area (Å²) in [6.07, 6.45) is 0.262. The number of aromatic nitrogens is 3. The number of nitrogens with zero attached hydrogens (tertiary/aromatic N) is 3. The number of carboxylic acids is 1. The van der Waals surface area contributed by atoms with Gasteiger partial charge in [-0.15, -0.1) is 5.10 Å². The van der Waals surface area contributed by atoms with E-state index >= 15 is 0 Å². The van der Waals surface area contributed by atoms with Crippen LogP contribution in [0.3, 0.4) is 0 Å². The molecule has 2 N–H and O–H groups in total. The van der Waals surface area contributed by atoms with E-state index in [9.17, 15) is 14.7 Å². The Bertz CT molecular complexity index is 1480. The Morgan fingerprint density at radius 1 is 1.03 bits per heavy atom. The van der Waals surface area contributed by atoms with Crippen LogP contribution in [0.5, 0.6) is 5.75 Å². The molecule has 1 aliphatic carbocycles. The normalized spacial score (nSPS) is 14.4. The van der Waals surface area contributed by atoms with Gasteiger partial charge in [0.05, 0.1) is 12.5 Å². The van der Waals surface area contributed by atoms with Crippen molar-refractivity contribution in [3.63, 3.8) is 0 Å². The minimum atomic E-state index is -0.776. The van der Waals surface area contributed by atoms with Gasteiger partial charge >= 0.3 is 12.1 Å². The number of methoxy groups -OCH3 is 1. The molecule has 0 bridgehead atoms. The second-order valence-corrected chi connectivity index (χ2v) is 9.37. The van der Waals surface area contributed by atoms with Crippen LogP contribution in [0.25, 0.3) is 16.8 Å². The molecule has 3 aromatic carbocycles. The zero-order valence-electron chi connectivity index (χ0n) is 21.3. The number of ether oxygens (including phenoxy) is 2. The molecule has 9 nitrogen and oxygen atoms in total. The van der Waals surface area contributed by atoms with Gasteiger partial charge in [0.25, 0.3) is 0 Å². The van der Waals surface area contributed by atoms with Gasteiger partial charge in [-0.2, -0.15) is 4.68 Å². The number of rotatable bonds is 8. The molecule has 1 fully saturated rings. The Kier molecular flexibility index (Phi) is 6.59. The molecule has 38 heavy (non-hydrogen) atoms. The van der Waals surface area contributed by atoms with E-state index < -0.39 is 23.6 Å². The lowest BCUT2D eigenvalue weighted by atomic mass is 9.94. The fraction of sp³-hybridized carbons (Fsp3) is 0.241. The van der Waals surface area contributed by atoms with Gasteiger partial charge in [0.1, 0.15) is 23.2 Å². The van der Waals surface area contributed by atoms with Crippen molar-refractivity contribution in [3.8, 4) is 22.6 Å². The average molecular weight is 513 g/mol. The number of nitrogens with one attached hydrogen (secondary N) is 1. The number of anilines is 1. The Morgan fingerprint density at radius 3 is 2.34 bits per heavy atom. The first kappa shape index (κ1) is 25.0. The van der Waals surface area contributed by atoms with E-state index in [2.05, 4.69) is 15.6 Å². The summed E-state index contributed by atoms with van der Waals surface area (Å²) in [5.41, 5.74) is 3.87. The third-order valence-corrected chi connectivity index (χ3v) is 6.95. The van der Waals surface area contributed by atoms with Crippen LogP contribution < -0.4 is 10.1 Å². The summed E-state index contributed by atoms with van der Waals surface area (Å²) in [7, 11) is 1.56. The summed E-state index contributed by atoms with van der Waals surface area (Å²) < 4.78 is 12.7. The number of aliphatic carboxylic acids is 1. The highest BCUT2D eigenvalue weighted by atomic mass is 16.6. The Balaban J connectivity index is 1.37. The molecule has 0 spiro atoms. The lowest BCUT2D eigenvalue weighted by Gasteiger charge is -2.16. The van der Waals surface area contributed by atoms with Crippen LogP contribution in [-0.2, 0) is 14.9 Å². The predicted octanol–water partition coefficient (Wildman–Crippen LogP) is 5.68. The number of benzene rings is 3. The monoisotopic (exact) mass is 512 g/mol. The van der Waals surface area contributed by atoms with Crippen LogP contribution in [-0.4, -0.2) is 39.3 Å². The summed E-state index contributed by atoms with van der Waals surface area (Å²) in [5.74, 6) is 0.117. The number of hydrogen-bond donors (Lipinski definition) is 2. The number of aryl methyl sites for hydroxylation is 1. The molecule has 4 aromatic rings. The number of carbonyl (C=O) groups excluding carboxylic acids is 1. The van der Waals surface area contributed by atoms with Gasteiger partial charge in [0.15, 0.2) is 5.82 Å². The summed E-state index contributed by atoms with van der Waals surface area (Å²) >= 11 is 0. The van der Waals surface area contributed by atoms with Gasteiger partial charge in [-0.25, -0.2) is 4.79 Å². The highest BCUT2D eigenvalue weighted by molar-refractivity contribution is 5.86. The van der Waals surface area contributed by atoms with Crippen LogP contribution in [0, 0.1) is 6.92 Å². The zero-order chi connectivity index (χ0) is 26.9. The van der Waals surface area contributed by atoms with E-state index in [1.165, 1.54) is 4.68 Å². The molecule has 0 radical (unpaired) electrons. The fourth-order valence-corrected chi connectivity index (χ4v) is 4.51. The van der Waals surface area contributed by atoms with Crippen molar-refractivity contribution in [2.24, 2.45) is 0 Å². The first-order chi connectivity index (χ1) is 18.3. The van der Waals surface area contributed by atoms with Gasteiger partial charge in [-0.3, -0.25) is 10.1 Å². The molecule has 1 saturated carbocycles. The lowest BCUT2D eigenvalue weighted by Crippen LogP contribution is -2.19. The molecule has 0 aliphatic heterocycles. The molecule has 0 saturated heterocycles. The smallest absolute Gasteiger partial charge is 0.413 e. The molecule has 1 heterocycles. The van der Waals surface area contributed by atoms with Crippen LogP contribution in [0.2, 0.25) is 0 Å². The van der Waals surface area contributed by atoms with Crippen molar-refractivity contribution in [3.05, 3.63) is 89.6 Å². The third kappa shape index (κ3) is 4.70. The van der Waals surface area contributed by atoms with Crippen molar-refractivity contribution in [2.75, 3.05) is 12.4 Å². The van der Waals surface area contributed by atoms with E-state index in [0.717, 1.165) is 22.3 Å². The largest absolute Gasteiger partial charge is 0.494 e. The maximum absolute atomic E-state index is 12.7. The zero-order valence-corrected chi connectivity index (χ0v) is 21.3. The molecule has 5 rings (SSSR count). The minimum Gasteiger partial charge on any atom is -0.494 e. The van der Waals surface area contributed by atoms with Crippen molar-refractivity contribution < 1.29 is 24.2 Å². The van der Waals surface area contributed by atoms with Crippen LogP contribution in [0.1, 0.15) is 42.7 Å². The second-order valence-electron chi connectivity index (χ2n) is 9.37. The quantitative estimate of drug-likeness (QED) is 0.312. The van der Waals surface area contributed by atoms with Gasteiger partial charge in [-0.05, 0) is 61.1 Å². The summed E-state index contributed by atoms with van der Waals surface area (Å²) in [4.78, 5) is 24.3. The molecule has 194 valence electrons. The SMILES string of the molecule is COc1cc(-c2ccc(C3(C(=O)O)CC3)cc2)ccc1-n1nnc(C)c1NC(=O)OC(C)c1ccccc1. The predicted molar refractivity (Wildman–Crippen MR) is 142 cm³/mol. The molecule has 1 aromatic heterocycles. The summed E-state index contributed by atoms with van der Waals surface area (Å²) in [6.45, 7) is 3.55. The molecule has 1 unspecified atom stereocenters. The first-order valence-corrected chi connectivity index (χ1v) is 12.3. The Morgan fingerprint density at radius 2 is 1.71 bits per heavy atom. The molecular formula is C29H28N4O5. The van der Waals surface area contributed by atoms with Crippen molar-refractivity contribution in [1.82, 2.24) is 15.0 Å². The van der Waals surface area contributed by atoms with Crippen LogP contribution in [0.4, 0.5) is 10.6 Å². The van der Waals surface area contributed by atoms with Crippen molar-refractivity contribution in [2.45, 2.75) is 38.2 Å². The van der Waals surface area contributed by atoms with E-state index in [1.807, 2.05) is 72.8 Å².